The van der Waals surface area contributed by atoms with Gasteiger partial charge in [0.25, 0.3) is 5.91 Å². The standard InChI is InChI=1S/C27H37N3O4/c1-20(29-14-17-33-18-15-29)26(31)30-12-9-23(10-13-30)25(19-22-7-5-4-6-8-22)28(3)27(32)24-11-16-34-21(24)2/h4-8,11,16,20,23,25H,9-10,12-15,17-19H2,1-3H3. The average molecular weight is 468 g/mol. The first-order valence-corrected chi connectivity index (χ1v) is 12.4. The van der Waals surface area contributed by atoms with Gasteiger partial charge in [0, 0.05) is 39.3 Å². The third-order valence-electron chi connectivity index (χ3n) is 7.54. The Morgan fingerprint density at radius 1 is 1.06 bits per heavy atom. The third kappa shape index (κ3) is 5.53. The lowest BCUT2D eigenvalue weighted by Crippen LogP contribution is -2.54. The third-order valence-corrected chi connectivity index (χ3v) is 7.54. The summed E-state index contributed by atoms with van der Waals surface area (Å²) in [5.41, 5.74) is 1.84. The minimum Gasteiger partial charge on any atom is -0.469 e. The number of amides is 2. The van der Waals surface area contributed by atoms with E-state index in [1.807, 2.05) is 48.9 Å². The Morgan fingerprint density at radius 3 is 2.35 bits per heavy atom. The maximum Gasteiger partial charge on any atom is 0.257 e. The monoisotopic (exact) mass is 467 g/mol. The van der Waals surface area contributed by atoms with Crippen molar-refractivity contribution in [2.75, 3.05) is 46.4 Å². The van der Waals surface area contributed by atoms with Crippen LogP contribution in [0.3, 0.4) is 0 Å². The van der Waals surface area contributed by atoms with Crippen molar-refractivity contribution >= 4 is 11.8 Å². The summed E-state index contributed by atoms with van der Waals surface area (Å²) in [7, 11) is 1.90. The molecule has 0 saturated carbocycles. The largest absolute Gasteiger partial charge is 0.469 e. The van der Waals surface area contributed by atoms with Crippen molar-refractivity contribution in [3.63, 3.8) is 0 Å². The van der Waals surface area contributed by atoms with Crippen molar-refractivity contribution in [2.24, 2.45) is 5.92 Å². The summed E-state index contributed by atoms with van der Waals surface area (Å²) >= 11 is 0. The molecule has 2 aliphatic rings. The number of aryl methyl sites for hydroxylation is 1. The van der Waals surface area contributed by atoms with Crippen LogP contribution in [-0.2, 0) is 16.0 Å². The molecular formula is C27H37N3O4. The van der Waals surface area contributed by atoms with Gasteiger partial charge in [0.05, 0.1) is 31.1 Å². The summed E-state index contributed by atoms with van der Waals surface area (Å²) in [4.78, 5) is 32.6. The summed E-state index contributed by atoms with van der Waals surface area (Å²) in [5, 5.41) is 0. The van der Waals surface area contributed by atoms with Crippen molar-refractivity contribution in [3.8, 4) is 0 Å². The predicted octanol–water partition coefficient (Wildman–Crippen LogP) is 3.23. The molecule has 0 aliphatic carbocycles. The molecule has 34 heavy (non-hydrogen) atoms. The molecule has 2 atom stereocenters. The lowest BCUT2D eigenvalue weighted by atomic mass is 9.84. The number of rotatable bonds is 7. The fourth-order valence-electron chi connectivity index (χ4n) is 5.31. The van der Waals surface area contributed by atoms with E-state index in [0.717, 1.165) is 45.4 Å². The number of ether oxygens (including phenoxy) is 1. The molecule has 0 bridgehead atoms. The lowest BCUT2D eigenvalue weighted by Gasteiger charge is -2.42. The van der Waals surface area contributed by atoms with Gasteiger partial charge in [-0.3, -0.25) is 14.5 Å². The number of piperidine rings is 1. The van der Waals surface area contributed by atoms with E-state index in [-0.39, 0.29) is 23.9 Å². The van der Waals surface area contributed by atoms with Crippen LogP contribution in [-0.4, -0.2) is 85.0 Å². The fourth-order valence-corrected chi connectivity index (χ4v) is 5.31. The number of hydrogen-bond donors (Lipinski definition) is 0. The van der Waals surface area contributed by atoms with Crippen molar-refractivity contribution in [3.05, 3.63) is 59.5 Å². The van der Waals surface area contributed by atoms with Crippen molar-refractivity contribution in [1.29, 1.82) is 0 Å². The Morgan fingerprint density at radius 2 is 1.74 bits per heavy atom. The van der Waals surface area contributed by atoms with Crippen LogP contribution in [0.1, 0.15) is 41.4 Å². The predicted molar refractivity (Wildman–Crippen MR) is 131 cm³/mol. The second-order valence-electron chi connectivity index (χ2n) is 9.55. The van der Waals surface area contributed by atoms with Crippen molar-refractivity contribution in [1.82, 2.24) is 14.7 Å². The average Bonchev–Trinajstić information content (AvgIpc) is 3.32. The van der Waals surface area contributed by atoms with E-state index >= 15 is 0 Å². The smallest absolute Gasteiger partial charge is 0.257 e. The number of nitrogens with zero attached hydrogens (tertiary/aromatic N) is 3. The summed E-state index contributed by atoms with van der Waals surface area (Å²) in [6, 6.07) is 12.0. The van der Waals surface area contributed by atoms with Crippen LogP contribution >= 0.6 is 0 Å². The maximum atomic E-state index is 13.3. The Hall–Kier alpha value is -2.64. The van der Waals surface area contributed by atoms with Crippen LogP contribution in [0.25, 0.3) is 0 Å². The lowest BCUT2D eigenvalue weighted by molar-refractivity contribution is -0.139. The summed E-state index contributed by atoms with van der Waals surface area (Å²) in [6.45, 7) is 8.30. The minimum atomic E-state index is -0.117. The van der Waals surface area contributed by atoms with E-state index in [9.17, 15) is 9.59 Å². The number of carbonyl (C=O) groups is 2. The molecular weight excluding hydrogens is 430 g/mol. The summed E-state index contributed by atoms with van der Waals surface area (Å²) < 4.78 is 10.8. The molecule has 1 aromatic carbocycles. The molecule has 2 saturated heterocycles. The number of morpholine rings is 1. The molecule has 184 valence electrons. The molecule has 0 radical (unpaired) electrons. The van der Waals surface area contributed by atoms with E-state index in [1.165, 1.54) is 5.56 Å². The van der Waals surface area contributed by atoms with Crippen LogP contribution in [0.5, 0.6) is 0 Å². The van der Waals surface area contributed by atoms with E-state index in [1.54, 1.807) is 12.3 Å². The molecule has 2 unspecified atom stereocenters. The van der Waals surface area contributed by atoms with Crippen LogP contribution in [0.2, 0.25) is 0 Å². The van der Waals surface area contributed by atoms with Gasteiger partial charge < -0.3 is 19.0 Å². The number of hydrogen-bond acceptors (Lipinski definition) is 5. The van der Waals surface area contributed by atoms with E-state index in [4.69, 9.17) is 9.15 Å². The van der Waals surface area contributed by atoms with Gasteiger partial charge in [-0.2, -0.15) is 0 Å². The fraction of sp³-hybridized carbons (Fsp3) is 0.556. The first-order chi connectivity index (χ1) is 16.5. The van der Waals surface area contributed by atoms with E-state index in [0.29, 0.717) is 30.5 Å². The van der Waals surface area contributed by atoms with Gasteiger partial charge in [-0.15, -0.1) is 0 Å². The molecule has 2 aromatic rings. The second kappa shape index (κ2) is 11.2. The van der Waals surface area contributed by atoms with Gasteiger partial charge in [-0.25, -0.2) is 0 Å². The highest BCUT2D eigenvalue weighted by atomic mass is 16.5. The number of likely N-dealkylation sites (N-methyl/N-ethyl adjacent to an activating group) is 1. The molecule has 7 nitrogen and oxygen atoms in total. The molecule has 0 N–H and O–H groups in total. The quantitative estimate of drug-likeness (QED) is 0.626. The van der Waals surface area contributed by atoms with Gasteiger partial charge >= 0.3 is 0 Å². The topological polar surface area (TPSA) is 66.2 Å². The first-order valence-electron chi connectivity index (χ1n) is 12.4. The second-order valence-corrected chi connectivity index (χ2v) is 9.55. The highest BCUT2D eigenvalue weighted by Crippen LogP contribution is 2.28. The number of likely N-dealkylation sites (tertiary alicyclic amines) is 1. The molecule has 2 amide bonds. The first kappa shape index (κ1) is 24.5. The molecule has 2 aliphatic heterocycles. The highest BCUT2D eigenvalue weighted by molar-refractivity contribution is 5.95. The van der Waals surface area contributed by atoms with Crippen LogP contribution < -0.4 is 0 Å². The number of carbonyl (C=O) groups excluding carboxylic acids is 2. The van der Waals surface area contributed by atoms with E-state index < -0.39 is 0 Å². The molecule has 1 aromatic heterocycles. The van der Waals surface area contributed by atoms with Gasteiger partial charge in [0.1, 0.15) is 5.76 Å². The normalized spacial score (nSPS) is 19.6. The summed E-state index contributed by atoms with van der Waals surface area (Å²) in [6.07, 6.45) is 4.15. The van der Waals surface area contributed by atoms with Crippen molar-refractivity contribution in [2.45, 2.75) is 45.2 Å². The van der Waals surface area contributed by atoms with Gasteiger partial charge in [-0.05, 0) is 50.7 Å². The SMILES string of the molecule is Cc1occc1C(=O)N(C)C(Cc1ccccc1)C1CCN(C(=O)C(C)N2CCOCC2)CC1. The van der Waals surface area contributed by atoms with Crippen molar-refractivity contribution < 1.29 is 18.7 Å². The zero-order chi connectivity index (χ0) is 24.1. The van der Waals surface area contributed by atoms with Crippen LogP contribution in [0.15, 0.2) is 47.1 Å². The van der Waals surface area contributed by atoms with E-state index in [2.05, 4.69) is 17.0 Å². The van der Waals surface area contributed by atoms with Gasteiger partial charge in [-0.1, -0.05) is 30.3 Å². The van der Waals surface area contributed by atoms with Crippen LogP contribution in [0, 0.1) is 12.8 Å². The Labute approximate surface area is 202 Å². The zero-order valence-corrected chi connectivity index (χ0v) is 20.6. The molecule has 0 spiro atoms. The Bertz CT molecular complexity index is 946. The maximum absolute atomic E-state index is 13.3. The van der Waals surface area contributed by atoms with Crippen LogP contribution in [0.4, 0.5) is 0 Å². The molecule has 7 heteroatoms. The highest BCUT2D eigenvalue weighted by Gasteiger charge is 2.35. The zero-order valence-electron chi connectivity index (χ0n) is 20.6. The van der Waals surface area contributed by atoms with Gasteiger partial charge in [0.2, 0.25) is 5.91 Å². The van der Waals surface area contributed by atoms with Gasteiger partial charge in [0.15, 0.2) is 0 Å². The molecule has 4 rings (SSSR count). The molecule has 3 heterocycles. The number of benzene rings is 1. The minimum absolute atomic E-state index is 0.00775. The number of furan rings is 1. The Balaban J connectivity index is 1.44. The Kier molecular flexibility index (Phi) is 8.06. The molecule has 2 fully saturated rings. The summed E-state index contributed by atoms with van der Waals surface area (Å²) in [5.74, 6) is 1.17.